The van der Waals surface area contributed by atoms with Crippen LogP contribution in [-0.2, 0) is 0 Å². The first-order valence-corrected chi connectivity index (χ1v) is 4.37. The standard InChI is InChI=1S/C10H13N/c1-2-5-9-6-4-8-11-10(9)7-3-1/h3,5,7H,1-2,4,6,8H2. The number of fused-ring (bicyclic) bond motifs is 1. The van der Waals surface area contributed by atoms with E-state index >= 15 is 0 Å². The number of hydrogen-bond donors (Lipinski definition) is 0. The highest BCUT2D eigenvalue weighted by Gasteiger charge is 2.09. The molecule has 11 heavy (non-hydrogen) atoms. The SMILES string of the molecule is C1=CC2=NCCCC2=CCC1. The molecule has 0 N–H and O–H groups in total. The zero-order valence-corrected chi connectivity index (χ0v) is 6.71. The second-order valence-corrected chi connectivity index (χ2v) is 3.08. The van der Waals surface area contributed by atoms with Crippen molar-refractivity contribution in [3.63, 3.8) is 0 Å². The molecule has 0 aromatic carbocycles. The average molecular weight is 147 g/mol. The largest absolute Gasteiger partial charge is 0.285 e. The van der Waals surface area contributed by atoms with Gasteiger partial charge in [-0.1, -0.05) is 12.2 Å². The molecule has 0 saturated carbocycles. The first-order chi connectivity index (χ1) is 5.47. The van der Waals surface area contributed by atoms with E-state index in [1.54, 1.807) is 0 Å². The van der Waals surface area contributed by atoms with Crippen molar-refractivity contribution in [2.45, 2.75) is 25.7 Å². The van der Waals surface area contributed by atoms with Crippen LogP contribution < -0.4 is 0 Å². The highest BCUT2D eigenvalue weighted by molar-refractivity contribution is 6.08. The van der Waals surface area contributed by atoms with E-state index in [9.17, 15) is 0 Å². The Hall–Kier alpha value is -0.850. The van der Waals surface area contributed by atoms with Crippen LogP contribution in [0, 0.1) is 0 Å². The van der Waals surface area contributed by atoms with Gasteiger partial charge in [0.05, 0.1) is 5.71 Å². The van der Waals surface area contributed by atoms with Gasteiger partial charge in [-0.25, -0.2) is 0 Å². The van der Waals surface area contributed by atoms with Gasteiger partial charge in [0, 0.05) is 6.54 Å². The third-order valence-corrected chi connectivity index (χ3v) is 2.22. The Morgan fingerprint density at radius 3 is 3.27 bits per heavy atom. The molecule has 1 aliphatic heterocycles. The minimum Gasteiger partial charge on any atom is -0.285 e. The first-order valence-electron chi connectivity index (χ1n) is 4.37. The smallest absolute Gasteiger partial charge is 0.0599 e. The summed E-state index contributed by atoms with van der Waals surface area (Å²) in [5, 5.41) is 0. The summed E-state index contributed by atoms with van der Waals surface area (Å²) in [7, 11) is 0. The fourth-order valence-electron chi connectivity index (χ4n) is 1.61. The lowest BCUT2D eigenvalue weighted by Gasteiger charge is -2.11. The van der Waals surface area contributed by atoms with Crippen LogP contribution >= 0.6 is 0 Å². The van der Waals surface area contributed by atoms with Crippen LogP contribution in [0.4, 0.5) is 0 Å². The van der Waals surface area contributed by atoms with E-state index in [-0.39, 0.29) is 0 Å². The molecule has 1 heterocycles. The van der Waals surface area contributed by atoms with E-state index in [0.29, 0.717) is 0 Å². The summed E-state index contributed by atoms with van der Waals surface area (Å²) >= 11 is 0. The molecule has 0 fully saturated rings. The van der Waals surface area contributed by atoms with Crippen molar-refractivity contribution in [3.05, 3.63) is 23.8 Å². The van der Waals surface area contributed by atoms with Crippen LogP contribution in [0.2, 0.25) is 0 Å². The minimum atomic E-state index is 1.02. The van der Waals surface area contributed by atoms with Crippen molar-refractivity contribution in [2.24, 2.45) is 4.99 Å². The maximum atomic E-state index is 4.47. The van der Waals surface area contributed by atoms with Gasteiger partial charge < -0.3 is 0 Å². The van der Waals surface area contributed by atoms with Gasteiger partial charge >= 0.3 is 0 Å². The molecule has 2 rings (SSSR count). The molecule has 58 valence electrons. The monoisotopic (exact) mass is 147 g/mol. The maximum absolute atomic E-state index is 4.47. The Kier molecular flexibility index (Phi) is 1.89. The highest BCUT2D eigenvalue weighted by atomic mass is 14.7. The summed E-state index contributed by atoms with van der Waals surface area (Å²) in [6.45, 7) is 1.02. The van der Waals surface area contributed by atoms with Crippen LogP contribution in [0.25, 0.3) is 0 Å². The van der Waals surface area contributed by atoms with Crippen molar-refractivity contribution < 1.29 is 0 Å². The second kappa shape index (κ2) is 3.04. The fourth-order valence-corrected chi connectivity index (χ4v) is 1.61. The first kappa shape index (κ1) is 6.84. The molecular weight excluding hydrogens is 134 g/mol. The zero-order valence-electron chi connectivity index (χ0n) is 6.71. The Bertz CT molecular complexity index is 233. The molecule has 0 amide bonds. The van der Waals surface area contributed by atoms with Gasteiger partial charge in [-0.15, -0.1) is 0 Å². The van der Waals surface area contributed by atoms with Crippen LogP contribution in [0.5, 0.6) is 0 Å². The molecular formula is C10H13N. The Morgan fingerprint density at radius 1 is 1.27 bits per heavy atom. The van der Waals surface area contributed by atoms with E-state index in [0.717, 1.165) is 6.54 Å². The third-order valence-electron chi connectivity index (χ3n) is 2.22. The molecule has 0 bridgehead atoms. The van der Waals surface area contributed by atoms with Crippen molar-refractivity contribution in [3.8, 4) is 0 Å². The zero-order chi connectivity index (χ0) is 7.52. The van der Waals surface area contributed by atoms with Gasteiger partial charge in [-0.3, -0.25) is 4.99 Å². The minimum absolute atomic E-state index is 1.02. The predicted molar refractivity (Wildman–Crippen MR) is 48.0 cm³/mol. The number of nitrogens with zero attached hydrogens (tertiary/aromatic N) is 1. The summed E-state index contributed by atoms with van der Waals surface area (Å²) < 4.78 is 0. The van der Waals surface area contributed by atoms with Gasteiger partial charge in [0.25, 0.3) is 0 Å². The molecule has 0 aromatic heterocycles. The number of hydrogen-bond acceptors (Lipinski definition) is 1. The number of rotatable bonds is 0. The summed E-state index contributed by atoms with van der Waals surface area (Å²) in [6, 6.07) is 0. The average Bonchev–Trinajstić information content (AvgIpc) is 2.28. The molecule has 0 atom stereocenters. The normalized spacial score (nSPS) is 23.3. The summed E-state index contributed by atoms with van der Waals surface area (Å²) in [5.41, 5.74) is 2.72. The molecule has 1 heteroatoms. The highest BCUT2D eigenvalue weighted by Crippen LogP contribution is 2.18. The van der Waals surface area contributed by atoms with Crippen LogP contribution in [0.3, 0.4) is 0 Å². The van der Waals surface area contributed by atoms with E-state index in [1.807, 2.05) is 0 Å². The summed E-state index contributed by atoms with van der Waals surface area (Å²) in [5.74, 6) is 0. The van der Waals surface area contributed by atoms with Gasteiger partial charge in [0.15, 0.2) is 0 Å². The van der Waals surface area contributed by atoms with E-state index in [1.165, 1.54) is 37.0 Å². The topological polar surface area (TPSA) is 12.4 Å². The summed E-state index contributed by atoms with van der Waals surface area (Å²) in [6.07, 6.45) is 11.6. The van der Waals surface area contributed by atoms with Gasteiger partial charge in [-0.2, -0.15) is 0 Å². The van der Waals surface area contributed by atoms with Crippen molar-refractivity contribution in [2.75, 3.05) is 6.54 Å². The fraction of sp³-hybridized carbons (Fsp3) is 0.500. The van der Waals surface area contributed by atoms with Crippen LogP contribution in [-0.4, -0.2) is 12.3 Å². The Morgan fingerprint density at radius 2 is 2.27 bits per heavy atom. The molecule has 1 nitrogen and oxygen atoms in total. The molecule has 2 aliphatic rings. The number of allylic oxidation sites excluding steroid dienone is 4. The lowest BCUT2D eigenvalue weighted by molar-refractivity contribution is 0.813. The Balaban J connectivity index is 2.31. The van der Waals surface area contributed by atoms with E-state index in [2.05, 4.69) is 23.2 Å². The molecule has 0 spiro atoms. The lowest BCUT2D eigenvalue weighted by atomic mass is 10.0. The number of aliphatic imine (C=N–C) groups is 1. The van der Waals surface area contributed by atoms with Gasteiger partial charge in [0.2, 0.25) is 0 Å². The molecule has 0 saturated heterocycles. The molecule has 1 aliphatic carbocycles. The Labute approximate surface area is 67.5 Å². The van der Waals surface area contributed by atoms with Crippen molar-refractivity contribution in [1.82, 2.24) is 0 Å². The van der Waals surface area contributed by atoms with Crippen LogP contribution in [0.15, 0.2) is 28.8 Å². The quantitative estimate of drug-likeness (QED) is 0.499. The van der Waals surface area contributed by atoms with Gasteiger partial charge in [0.1, 0.15) is 0 Å². The maximum Gasteiger partial charge on any atom is 0.0599 e. The van der Waals surface area contributed by atoms with Crippen molar-refractivity contribution in [1.29, 1.82) is 0 Å². The van der Waals surface area contributed by atoms with E-state index < -0.39 is 0 Å². The van der Waals surface area contributed by atoms with E-state index in [4.69, 9.17) is 0 Å². The molecule has 0 radical (unpaired) electrons. The van der Waals surface area contributed by atoms with Crippen molar-refractivity contribution >= 4 is 5.71 Å². The second-order valence-electron chi connectivity index (χ2n) is 3.08. The molecule has 0 unspecified atom stereocenters. The predicted octanol–water partition coefficient (Wildman–Crippen LogP) is 2.50. The summed E-state index contributed by atoms with van der Waals surface area (Å²) in [4.78, 5) is 4.47. The van der Waals surface area contributed by atoms with Gasteiger partial charge in [-0.05, 0) is 37.3 Å². The van der Waals surface area contributed by atoms with Crippen LogP contribution in [0.1, 0.15) is 25.7 Å². The molecule has 0 aromatic rings. The third kappa shape index (κ3) is 1.42. The lowest BCUT2D eigenvalue weighted by Crippen LogP contribution is -2.06.